The van der Waals surface area contributed by atoms with E-state index in [4.69, 9.17) is 0 Å². The second-order valence-electron chi connectivity index (χ2n) is 3.19. The van der Waals surface area contributed by atoms with E-state index >= 15 is 0 Å². The summed E-state index contributed by atoms with van der Waals surface area (Å²) in [5.41, 5.74) is 0.639. The zero-order valence-corrected chi connectivity index (χ0v) is 8.97. The summed E-state index contributed by atoms with van der Waals surface area (Å²) in [5, 5.41) is 13.3. The van der Waals surface area contributed by atoms with Crippen molar-refractivity contribution in [1.29, 1.82) is 0 Å². The van der Waals surface area contributed by atoms with Crippen molar-refractivity contribution in [3.05, 3.63) is 34.4 Å². The van der Waals surface area contributed by atoms with E-state index in [1.165, 1.54) is 31.4 Å². The average Bonchev–Trinajstić information content (AvgIpc) is 2.28. The molecule has 0 saturated heterocycles. The maximum Gasteiger partial charge on any atom is 0.327 e. The smallest absolute Gasteiger partial charge is 0.327 e. The summed E-state index contributed by atoms with van der Waals surface area (Å²) in [6, 6.07) is 5.32. The number of non-ortho nitro benzene ring substituents is 1. The fourth-order valence-electron chi connectivity index (χ4n) is 1.17. The number of carbonyl (C=O) groups excluding carboxylic acids is 1. The maximum atomic E-state index is 11.1. The van der Waals surface area contributed by atoms with Crippen LogP contribution in [0.15, 0.2) is 24.3 Å². The summed E-state index contributed by atoms with van der Waals surface area (Å²) in [4.78, 5) is 21.0. The Morgan fingerprint density at radius 3 is 2.44 bits per heavy atom. The van der Waals surface area contributed by atoms with Crippen LogP contribution in [0.25, 0.3) is 0 Å². The van der Waals surface area contributed by atoms with Crippen LogP contribution < -0.4 is 5.32 Å². The fraction of sp³-hybridized carbons (Fsp3) is 0.300. The second kappa shape index (κ2) is 5.11. The molecule has 0 aliphatic rings. The predicted molar refractivity (Wildman–Crippen MR) is 58.2 cm³/mol. The lowest BCUT2D eigenvalue weighted by Gasteiger charge is -2.12. The average molecular weight is 224 g/mol. The molecule has 1 atom stereocenters. The van der Waals surface area contributed by atoms with Gasteiger partial charge in [-0.15, -0.1) is 0 Å². The van der Waals surface area contributed by atoms with Crippen LogP contribution in [-0.4, -0.2) is 24.0 Å². The van der Waals surface area contributed by atoms with Crippen molar-refractivity contribution < 1.29 is 14.5 Å². The largest absolute Gasteiger partial charge is 0.467 e. The molecule has 0 fully saturated rings. The first kappa shape index (κ1) is 12.0. The zero-order chi connectivity index (χ0) is 12.1. The Morgan fingerprint density at radius 1 is 1.44 bits per heavy atom. The lowest BCUT2D eigenvalue weighted by atomic mass is 10.2. The molecule has 86 valence electrons. The van der Waals surface area contributed by atoms with Crippen LogP contribution in [0.5, 0.6) is 0 Å². The number of ether oxygens (including phenoxy) is 1. The Bertz CT molecular complexity index is 388. The van der Waals surface area contributed by atoms with Gasteiger partial charge in [-0.3, -0.25) is 10.1 Å². The van der Waals surface area contributed by atoms with Crippen molar-refractivity contribution in [1.82, 2.24) is 0 Å². The van der Waals surface area contributed by atoms with E-state index in [0.717, 1.165) is 0 Å². The summed E-state index contributed by atoms with van der Waals surface area (Å²) in [7, 11) is 1.30. The van der Waals surface area contributed by atoms with E-state index in [2.05, 4.69) is 10.1 Å². The Labute approximate surface area is 92.4 Å². The molecule has 16 heavy (non-hydrogen) atoms. The first-order chi connectivity index (χ1) is 7.54. The van der Waals surface area contributed by atoms with E-state index in [1.54, 1.807) is 6.92 Å². The minimum atomic E-state index is -0.494. The number of hydrogen-bond donors (Lipinski definition) is 1. The van der Waals surface area contributed by atoms with Gasteiger partial charge in [-0.1, -0.05) is 0 Å². The van der Waals surface area contributed by atoms with Crippen molar-refractivity contribution in [2.45, 2.75) is 13.0 Å². The molecule has 0 saturated carbocycles. The molecule has 0 spiro atoms. The third-order valence-electron chi connectivity index (χ3n) is 2.02. The highest BCUT2D eigenvalue weighted by Gasteiger charge is 2.12. The number of nitro benzene ring substituents is 1. The quantitative estimate of drug-likeness (QED) is 0.477. The Morgan fingerprint density at radius 2 is 2.00 bits per heavy atom. The van der Waals surface area contributed by atoms with Crippen LogP contribution >= 0.6 is 0 Å². The summed E-state index contributed by atoms with van der Waals surface area (Å²) in [6.45, 7) is 1.65. The summed E-state index contributed by atoms with van der Waals surface area (Å²) >= 11 is 0. The molecule has 6 heteroatoms. The number of nitrogens with zero attached hydrogens (tertiary/aromatic N) is 1. The van der Waals surface area contributed by atoms with Gasteiger partial charge in [0.15, 0.2) is 0 Å². The highest BCUT2D eigenvalue weighted by molar-refractivity contribution is 5.78. The van der Waals surface area contributed by atoms with Gasteiger partial charge in [-0.2, -0.15) is 0 Å². The number of nitrogens with one attached hydrogen (secondary N) is 1. The van der Waals surface area contributed by atoms with Gasteiger partial charge in [0, 0.05) is 17.8 Å². The second-order valence-corrected chi connectivity index (χ2v) is 3.19. The molecule has 0 amide bonds. The highest BCUT2D eigenvalue weighted by Crippen LogP contribution is 2.16. The van der Waals surface area contributed by atoms with Crippen LogP contribution in [0.4, 0.5) is 11.4 Å². The predicted octanol–water partition coefficient (Wildman–Crippen LogP) is 1.57. The monoisotopic (exact) mass is 224 g/mol. The molecule has 0 unspecified atom stereocenters. The van der Waals surface area contributed by atoms with Gasteiger partial charge in [0.25, 0.3) is 5.69 Å². The molecule has 0 aliphatic heterocycles. The number of anilines is 1. The summed E-state index contributed by atoms with van der Waals surface area (Å²) < 4.78 is 4.54. The van der Waals surface area contributed by atoms with Crippen LogP contribution in [0.2, 0.25) is 0 Å². The molecular weight excluding hydrogens is 212 g/mol. The zero-order valence-electron chi connectivity index (χ0n) is 8.97. The van der Waals surface area contributed by atoms with Crippen LogP contribution in [0, 0.1) is 10.1 Å². The SMILES string of the molecule is COC(=O)[C@@H](C)Nc1ccc([N+](=O)[O-])cc1. The van der Waals surface area contributed by atoms with Crippen molar-refractivity contribution in [3.8, 4) is 0 Å². The van der Waals surface area contributed by atoms with Crippen molar-refractivity contribution in [2.75, 3.05) is 12.4 Å². The molecule has 1 aromatic carbocycles. The van der Waals surface area contributed by atoms with Gasteiger partial charge in [0.2, 0.25) is 0 Å². The summed E-state index contributed by atoms with van der Waals surface area (Å²) in [6.07, 6.45) is 0. The number of methoxy groups -OCH3 is 1. The molecular formula is C10H12N2O4. The minimum absolute atomic E-state index is 0.0104. The van der Waals surface area contributed by atoms with E-state index in [-0.39, 0.29) is 5.69 Å². The Balaban J connectivity index is 2.68. The fourth-order valence-corrected chi connectivity index (χ4v) is 1.17. The van der Waals surface area contributed by atoms with E-state index in [0.29, 0.717) is 5.69 Å². The molecule has 0 aliphatic carbocycles. The molecule has 6 nitrogen and oxygen atoms in total. The normalized spacial score (nSPS) is 11.6. The van der Waals surface area contributed by atoms with Gasteiger partial charge in [-0.25, -0.2) is 4.79 Å². The Hall–Kier alpha value is -2.11. The minimum Gasteiger partial charge on any atom is -0.467 e. The van der Waals surface area contributed by atoms with Crippen molar-refractivity contribution >= 4 is 17.3 Å². The molecule has 1 N–H and O–H groups in total. The van der Waals surface area contributed by atoms with Crippen LogP contribution in [0.1, 0.15) is 6.92 Å². The van der Waals surface area contributed by atoms with Gasteiger partial charge in [0.1, 0.15) is 6.04 Å². The van der Waals surface area contributed by atoms with Gasteiger partial charge in [0.05, 0.1) is 12.0 Å². The van der Waals surface area contributed by atoms with Crippen LogP contribution in [-0.2, 0) is 9.53 Å². The maximum absolute atomic E-state index is 11.1. The van der Waals surface area contributed by atoms with Crippen molar-refractivity contribution in [3.63, 3.8) is 0 Å². The molecule has 0 heterocycles. The lowest BCUT2D eigenvalue weighted by Crippen LogP contribution is -2.27. The lowest BCUT2D eigenvalue weighted by molar-refractivity contribution is -0.384. The third-order valence-corrected chi connectivity index (χ3v) is 2.02. The number of benzene rings is 1. The van der Waals surface area contributed by atoms with Crippen LogP contribution in [0.3, 0.4) is 0 Å². The van der Waals surface area contributed by atoms with Gasteiger partial charge < -0.3 is 10.1 Å². The number of nitro groups is 1. The Kier molecular flexibility index (Phi) is 3.82. The number of esters is 1. The van der Waals surface area contributed by atoms with Crippen molar-refractivity contribution in [2.24, 2.45) is 0 Å². The molecule has 1 rings (SSSR count). The third kappa shape index (κ3) is 2.94. The molecule has 0 aromatic heterocycles. The number of hydrogen-bond acceptors (Lipinski definition) is 5. The summed E-state index contributed by atoms with van der Waals surface area (Å²) in [5.74, 6) is -0.390. The van der Waals surface area contributed by atoms with Gasteiger partial charge in [-0.05, 0) is 19.1 Å². The number of rotatable bonds is 4. The number of carbonyl (C=O) groups is 1. The van der Waals surface area contributed by atoms with Gasteiger partial charge >= 0.3 is 5.97 Å². The topological polar surface area (TPSA) is 81.5 Å². The molecule has 0 radical (unpaired) electrons. The highest BCUT2D eigenvalue weighted by atomic mass is 16.6. The standard InChI is InChI=1S/C10H12N2O4/c1-7(10(13)16-2)11-8-3-5-9(6-4-8)12(14)15/h3-7,11H,1-2H3/t7-/m1/s1. The first-order valence-corrected chi connectivity index (χ1v) is 4.63. The molecule has 0 bridgehead atoms. The molecule has 1 aromatic rings. The van der Waals surface area contributed by atoms with E-state index < -0.39 is 16.9 Å². The first-order valence-electron chi connectivity index (χ1n) is 4.63. The van der Waals surface area contributed by atoms with E-state index in [1.807, 2.05) is 0 Å². The van der Waals surface area contributed by atoms with E-state index in [9.17, 15) is 14.9 Å².